The van der Waals surface area contributed by atoms with Gasteiger partial charge >= 0.3 is 0 Å². The molecule has 1 heterocycles. The summed E-state index contributed by atoms with van der Waals surface area (Å²) in [6.07, 6.45) is 5.03. The van der Waals surface area contributed by atoms with Gasteiger partial charge in [0.2, 0.25) is 0 Å². The third kappa shape index (κ3) is 2.45. The van der Waals surface area contributed by atoms with Gasteiger partial charge in [0, 0.05) is 19.0 Å². The minimum Gasteiger partial charge on any atom is -0.300 e. The molecule has 0 aromatic rings. The first-order valence-electron chi connectivity index (χ1n) is 4.58. The van der Waals surface area contributed by atoms with Crippen LogP contribution in [0.15, 0.2) is 12.7 Å². The number of hydrogen-bond donors (Lipinski definition) is 0. The smallest absolute Gasteiger partial charge is 0.131 e. The van der Waals surface area contributed by atoms with Crippen LogP contribution in [0.3, 0.4) is 0 Å². The van der Waals surface area contributed by atoms with E-state index < -0.39 is 0 Å². The summed E-state index contributed by atoms with van der Waals surface area (Å²) in [5.41, 5.74) is 0. The summed E-state index contributed by atoms with van der Waals surface area (Å²) in [5, 5.41) is 0. The van der Waals surface area contributed by atoms with E-state index in [4.69, 9.17) is 0 Å². The molecule has 0 aliphatic carbocycles. The summed E-state index contributed by atoms with van der Waals surface area (Å²) in [6, 6.07) is 0.487. The number of carbonyl (C=O) groups is 1. The molecule has 1 atom stereocenters. The van der Waals surface area contributed by atoms with Gasteiger partial charge in [-0.3, -0.25) is 9.69 Å². The number of nitrogens with zero attached hydrogens (tertiary/aromatic N) is 1. The lowest BCUT2D eigenvalue weighted by Gasteiger charge is -2.21. The van der Waals surface area contributed by atoms with Crippen LogP contribution < -0.4 is 0 Å². The molecule has 1 aliphatic rings. The van der Waals surface area contributed by atoms with Crippen LogP contribution in [-0.4, -0.2) is 29.8 Å². The van der Waals surface area contributed by atoms with Crippen molar-refractivity contribution in [3.05, 3.63) is 12.7 Å². The van der Waals surface area contributed by atoms with E-state index in [2.05, 4.69) is 11.5 Å². The van der Waals surface area contributed by atoms with Gasteiger partial charge in [0.1, 0.15) is 5.78 Å². The van der Waals surface area contributed by atoms with Crippen LogP contribution in [0.1, 0.15) is 26.2 Å². The third-order valence-corrected chi connectivity index (χ3v) is 2.39. The van der Waals surface area contributed by atoms with Crippen molar-refractivity contribution in [3.8, 4) is 0 Å². The fourth-order valence-corrected chi connectivity index (χ4v) is 1.86. The van der Waals surface area contributed by atoms with E-state index in [9.17, 15) is 4.79 Å². The Morgan fingerprint density at radius 2 is 2.50 bits per heavy atom. The van der Waals surface area contributed by atoms with Crippen LogP contribution in [0.25, 0.3) is 0 Å². The van der Waals surface area contributed by atoms with Crippen LogP contribution in [0, 0.1) is 0 Å². The molecular weight excluding hydrogens is 150 g/mol. The highest BCUT2D eigenvalue weighted by Crippen LogP contribution is 2.19. The molecule has 0 N–H and O–H groups in total. The van der Waals surface area contributed by atoms with Gasteiger partial charge in [0.25, 0.3) is 0 Å². The maximum absolute atomic E-state index is 10.9. The summed E-state index contributed by atoms with van der Waals surface area (Å²) in [4.78, 5) is 13.2. The maximum atomic E-state index is 10.9. The molecule has 1 rings (SSSR count). The molecule has 1 saturated heterocycles. The zero-order valence-corrected chi connectivity index (χ0v) is 7.75. The molecule has 68 valence electrons. The van der Waals surface area contributed by atoms with E-state index >= 15 is 0 Å². The molecule has 0 aromatic carbocycles. The number of likely N-dealkylation sites (tertiary alicyclic amines) is 1. The Morgan fingerprint density at radius 1 is 1.75 bits per heavy atom. The third-order valence-electron chi connectivity index (χ3n) is 2.39. The predicted octanol–water partition coefficient (Wildman–Crippen LogP) is 1.62. The molecule has 0 radical (unpaired) electrons. The van der Waals surface area contributed by atoms with E-state index in [1.807, 2.05) is 6.08 Å². The van der Waals surface area contributed by atoms with Crippen molar-refractivity contribution in [2.75, 3.05) is 13.1 Å². The van der Waals surface area contributed by atoms with Gasteiger partial charge in [-0.05, 0) is 26.3 Å². The molecule has 0 spiro atoms. The Balaban J connectivity index is 2.40. The van der Waals surface area contributed by atoms with Gasteiger partial charge in [-0.1, -0.05) is 6.08 Å². The van der Waals surface area contributed by atoms with E-state index in [1.165, 1.54) is 12.8 Å². The summed E-state index contributed by atoms with van der Waals surface area (Å²) in [6.45, 7) is 7.44. The van der Waals surface area contributed by atoms with Crippen LogP contribution in [-0.2, 0) is 4.79 Å². The van der Waals surface area contributed by atoms with E-state index in [1.54, 1.807) is 6.92 Å². The fourth-order valence-electron chi connectivity index (χ4n) is 1.86. The van der Waals surface area contributed by atoms with Crippen LogP contribution in [0.4, 0.5) is 0 Å². The highest BCUT2D eigenvalue weighted by molar-refractivity contribution is 5.76. The Labute approximate surface area is 74.2 Å². The second kappa shape index (κ2) is 4.41. The average Bonchev–Trinajstić information content (AvgIpc) is 2.37. The van der Waals surface area contributed by atoms with Crippen molar-refractivity contribution in [1.82, 2.24) is 4.90 Å². The number of hydrogen-bond acceptors (Lipinski definition) is 2. The quantitative estimate of drug-likeness (QED) is 0.593. The molecule has 1 fully saturated rings. The summed E-state index contributed by atoms with van der Waals surface area (Å²) >= 11 is 0. The van der Waals surface area contributed by atoms with Gasteiger partial charge in [-0.2, -0.15) is 0 Å². The zero-order valence-electron chi connectivity index (χ0n) is 7.75. The standard InChI is InChI=1S/C10H17NO/c1-3-6-11-7-4-5-10(11)8-9(2)12/h3,10H,1,4-8H2,2H3. The van der Waals surface area contributed by atoms with Crippen molar-refractivity contribution in [2.45, 2.75) is 32.2 Å². The number of rotatable bonds is 4. The largest absolute Gasteiger partial charge is 0.300 e. The first-order valence-corrected chi connectivity index (χ1v) is 4.58. The molecule has 0 aromatic heterocycles. The Kier molecular flexibility index (Phi) is 3.48. The molecule has 1 aliphatic heterocycles. The van der Waals surface area contributed by atoms with Gasteiger partial charge in [0.15, 0.2) is 0 Å². The minimum absolute atomic E-state index is 0.302. The minimum atomic E-state index is 0.302. The first-order chi connectivity index (χ1) is 5.74. The highest BCUT2D eigenvalue weighted by atomic mass is 16.1. The van der Waals surface area contributed by atoms with Crippen molar-refractivity contribution >= 4 is 5.78 Å². The molecule has 0 bridgehead atoms. The van der Waals surface area contributed by atoms with Crippen molar-refractivity contribution < 1.29 is 4.79 Å². The van der Waals surface area contributed by atoms with Crippen molar-refractivity contribution in [2.24, 2.45) is 0 Å². The second-order valence-corrected chi connectivity index (χ2v) is 3.49. The number of Topliss-reactive ketones (excluding diaryl/α,β-unsaturated/α-hetero) is 1. The van der Waals surface area contributed by atoms with Gasteiger partial charge in [-0.25, -0.2) is 0 Å². The lowest BCUT2D eigenvalue weighted by Crippen LogP contribution is -2.30. The summed E-state index contributed by atoms with van der Waals surface area (Å²) < 4.78 is 0. The van der Waals surface area contributed by atoms with E-state index in [0.29, 0.717) is 18.2 Å². The normalized spacial score (nSPS) is 24.2. The average molecular weight is 167 g/mol. The highest BCUT2D eigenvalue weighted by Gasteiger charge is 2.23. The summed E-state index contributed by atoms with van der Waals surface area (Å²) in [5.74, 6) is 0.302. The van der Waals surface area contributed by atoms with Crippen LogP contribution in [0.2, 0.25) is 0 Å². The molecule has 12 heavy (non-hydrogen) atoms. The monoisotopic (exact) mass is 167 g/mol. The predicted molar refractivity (Wildman–Crippen MR) is 50.1 cm³/mol. The van der Waals surface area contributed by atoms with Gasteiger partial charge in [0.05, 0.1) is 0 Å². The second-order valence-electron chi connectivity index (χ2n) is 3.49. The lowest BCUT2D eigenvalue weighted by molar-refractivity contribution is -0.117. The summed E-state index contributed by atoms with van der Waals surface area (Å²) in [7, 11) is 0. The molecule has 1 unspecified atom stereocenters. The van der Waals surface area contributed by atoms with Crippen LogP contribution in [0.5, 0.6) is 0 Å². The molecule has 2 nitrogen and oxygen atoms in total. The van der Waals surface area contributed by atoms with E-state index in [0.717, 1.165) is 13.1 Å². The fraction of sp³-hybridized carbons (Fsp3) is 0.700. The van der Waals surface area contributed by atoms with Crippen LogP contribution >= 0.6 is 0 Å². The van der Waals surface area contributed by atoms with Gasteiger partial charge < -0.3 is 0 Å². The molecule has 0 saturated carbocycles. The Morgan fingerprint density at radius 3 is 3.08 bits per heavy atom. The zero-order chi connectivity index (χ0) is 8.97. The van der Waals surface area contributed by atoms with Crippen molar-refractivity contribution in [1.29, 1.82) is 0 Å². The first kappa shape index (κ1) is 9.46. The Bertz CT molecular complexity index is 177. The number of carbonyl (C=O) groups excluding carboxylic acids is 1. The topological polar surface area (TPSA) is 20.3 Å². The SMILES string of the molecule is C=CCN1CCCC1CC(C)=O. The molecule has 0 amide bonds. The Hall–Kier alpha value is -0.630. The lowest BCUT2D eigenvalue weighted by atomic mass is 10.1. The number of ketones is 1. The van der Waals surface area contributed by atoms with E-state index in [-0.39, 0.29) is 0 Å². The van der Waals surface area contributed by atoms with Gasteiger partial charge in [-0.15, -0.1) is 6.58 Å². The molecular formula is C10H17NO. The van der Waals surface area contributed by atoms with Crippen molar-refractivity contribution in [3.63, 3.8) is 0 Å². The maximum Gasteiger partial charge on any atom is 0.131 e. The molecule has 2 heteroatoms.